The molecule has 0 bridgehead atoms. The molecule has 0 radical (unpaired) electrons. The largest absolute Gasteiger partial charge is 0.313 e. The van der Waals surface area contributed by atoms with E-state index in [4.69, 9.17) is 0 Å². The molecule has 82 valence electrons. The molecule has 0 saturated carbocycles. The highest BCUT2D eigenvalue weighted by atomic mass is 16.1. The summed E-state index contributed by atoms with van der Waals surface area (Å²) in [6.45, 7) is 5.03. The quantitative estimate of drug-likeness (QED) is 0.670. The van der Waals surface area contributed by atoms with E-state index < -0.39 is 0 Å². The number of nitrogens with zero attached hydrogens (tertiary/aromatic N) is 1. The Morgan fingerprint density at radius 3 is 3.00 bits per heavy atom. The Labute approximate surface area is 86.9 Å². The van der Waals surface area contributed by atoms with Crippen molar-refractivity contribution in [1.82, 2.24) is 10.2 Å². The molecule has 3 heteroatoms. The maximum absolute atomic E-state index is 10.7. The van der Waals surface area contributed by atoms with E-state index >= 15 is 0 Å². The molecule has 1 fully saturated rings. The van der Waals surface area contributed by atoms with Crippen molar-refractivity contribution in [1.29, 1.82) is 0 Å². The average molecular weight is 198 g/mol. The van der Waals surface area contributed by atoms with E-state index in [-0.39, 0.29) is 0 Å². The van der Waals surface area contributed by atoms with E-state index in [1.54, 1.807) is 6.92 Å². The first-order valence-corrected chi connectivity index (χ1v) is 5.60. The molecule has 0 amide bonds. The van der Waals surface area contributed by atoms with Crippen LogP contribution < -0.4 is 5.32 Å². The maximum Gasteiger partial charge on any atom is 0.129 e. The summed E-state index contributed by atoms with van der Waals surface area (Å²) >= 11 is 0. The van der Waals surface area contributed by atoms with Crippen molar-refractivity contribution in [2.75, 3.05) is 26.7 Å². The lowest BCUT2D eigenvalue weighted by Gasteiger charge is -2.30. The fraction of sp³-hybridized carbons (Fsp3) is 0.909. The summed E-state index contributed by atoms with van der Waals surface area (Å²) in [5.74, 6) is 0.299. The lowest BCUT2D eigenvalue weighted by atomic mass is 10.1. The van der Waals surface area contributed by atoms with E-state index in [2.05, 4.69) is 17.3 Å². The highest BCUT2D eigenvalue weighted by Gasteiger charge is 2.15. The highest BCUT2D eigenvalue weighted by Crippen LogP contribution is 2.07. The molecule has 0 aromatic carbocycles. The minimum atomic E-state index is 0.299. The topological polar surface area (TPSA) is 32.3 Å². The van der Waals surface area contributed by atoms with Crippen molar-refractivity contribution in [3.8, 4) is 0 Å². The number of carbonyl (C=O) groups excluding carboxylic acids is 1. The maximum atomic E-state index is 10.7. The van der Waals surface area contributed by atoms with Gasteiger partial charge < -0.3 is 15.0 Å². The Balaban J connectivity index is 2.03. The molecule has 0 aliphatic carbocycles. The average Bonchev–Trinajstić information content (AvgIpc) is 2.12. The molecule has 1 aliphatic heterocycles. The van der Waals surface area contributed by atoms with Crippen molar-refractivity contribution >= 4 is 5.78 Å². The first-order chi connectivity index (χ1) is 6.68. The van der Waals surface area contributed by atoms with Gasteiger partial charge in [-0.3, -0.25) is 0 Å². The van der Waals surface area contributed by atoms with Crippen LogP contribution in [0, 0.1) is 0 Å². The molecular weight excluding hydrogens is 176 g/mol. The van der Waals surface area contributed by atoms with Gasteiger partial charge in [-0.15, -0.1) is 0 Å². The lowest BCUT2D eigenvalue weighted by Crippen LogP contribution is -2.44. The van der Waals surface area contributed by atoms with Gasteiger partial charge in [-0.2, -0.15) is 0 Å². The molecule has 0 aromatic rings. The van der Waals surface area contributed by atoms with Crippen LogP contribution in [0.15, 0.2) is 0 Å². The van der Waals surface area contributed by atoms with Gasteiger partial charge in [0.15, 0.2) is 0 Å². The van der Waals surface area contributed by atoms with Crippen LogP contribution in [-0.2, 0) is 4.79 Å². The predicted molar refractivity (Wildman–Crippen MR) is 58.4 cm³/mol. The van der Waals surface area contributed by atoms with Crippen molar-refractivity contribution in [3.05, 3.63) is 0 Å². The number of hydrogen-bond donors (Lipinski definition) is 1. The van der Waals surface area contributed by atoms with E-state index in [9.17, 15) is 4.79 Å². The van der Waals surface area contributed by atoms with Crippen LogP contribution in [0.5, 0.6) is 0 Å². The fourth-order valence-electron chi connectivity index (χ4n) is 1.98. The van der Waals surface area contributed by atoms with Crippen molar-refractivity contribution in [3.63, 3.8) is 0 Å². The van der Waals surface area contributed by atoms with Crippen LogP contribution in [0.3, 0.4) is 0 Å². The summed E-state index contributed by atoms with van der Waals surface area (Å²) in [4.78, 5) is 13.1. The summed E-state index contributed by atoms with van der Waals surface area (Å²) in [6.07, 6.45) is 4.27. The molecule has 0 aromatic heterocycles. The Morgan fingerprint density at radius 2 is 2.36 bits per heavy atom. The number of likely N-dealkylation sites (tertiary alicyclic amines) is 1. The smallest absolute Gasteiger partial charge is 0.129 e. The zero-order chi connectivity index (χ0) is 10.4. The molecule has 1 unspecified atom stereocenters. The Morgan fingerprint density at radius 1 is 1.57 bits per heavy atom. The summed E-state index contributed by atoms with van der Waals surface area (Å²) in [5, 5.41) is 3.51. The van der Waals surface area contributed by atoms with Crippen LogP contribution in [0.1, 0.15) is 32.6 Å². The molecule has 1 rings (SSSR count). The molecule has 14 heavy (non-hydrogen) atoms. The molecule has 1 aliphatic rings. The van der Waals surface area contributed by atoms with E-state index in [0.29, 0.717) is 11.8 Å². The first kappa shape index (κ1) is 11.7. The van der Waals surface area contributed by atoms with Gasteiger partial charge in [-0.1, -0.05) is 0 Å². The number of carbonyl (C=O) groups is 1. The Kier molecular flexibility index (Phi) is 5.12. The summed E-state index contributed by atoms with van der Waals surface area (Å²) in [7, 11) is 2.17. The van der Waals surface area contributed by atoms with Crippen LogP contribution >= 0.6 is 0 Å². The van der Waals surface area contributed by atoms with Crippen molar-refractivity contribution in [2.45, 2.75) is 38.6 Å². The minimum Gasteiger partial charge on any atom is -0.313 e. The third-order valence-electron chi connectivity index (χ3n) is 2.76. The fourth-order valence-corrected chi connectivity index (χ4v) is 1.98. The normalized spacial score (nSPS) is 23.7. The van der Waals surface area contributed by atoms with Crippen LogP contribution in [0.2, 0.25) is 0 Å². The molecule has 0 spiro atoms. The molecule has 1 atom stereocenters. The molecular formula is C11H22N2O. The summed E-state index contributed by atoms with van der Waals surface area (Å²) in [6, 6.07) is 0.640. The van der Waals surface area contributed by atoms with Crippen molar-refractivity contribution < 1.29 is 4.79 Å². The molecule has 1 N–H and O–H groups in total. The number of likely N-dealkylation sites (N-methyl/N-ethyl adjacent to an activating group) is 1. The van der Waals surface area contributed by atoms with Gasteiger partial charge in [0.1, 0.15) is 5.78 Å². The highest BCUT2D eigenvalue weighted by molar-refractivity contribution is 5.75. The number of ketones is 1. The molecule has 3 nitrogen and oxygen atoms in total. The SMILES string of the molecule is CC(=O)CCCNC1CCCN(C)C1. The van der Waals surface area contributed by atoms with Gasteiger partial charge in [-0.05, 0) is 46.3 Å². The van der Waals surface area contributed by atoms with E-state index in [1.807, 2.05) is 0 Å². The lowest BCUT2D eigenvalue weighted by molar-refractivity contribution is -0.117. The van der Waals surface area contributed by atoms with Crippen LogP contribution in [0.25, 0.3) is 0 Å². The zero-order valence-electron chi connectivity index (χ0n) is 9.38. The van der Waals surface area contributed by atoms with Gasteiger partial charge >= 0.3 is 0 Å². The number of piperidine rings is 1. The third-order valence-corrected chi connectivity index (χ3v) is 2.76. The third kappa shape index (κ3) is 4.72. The Hall–Kier alpha value is -0.410. The standard InChI is InChI=1S/C11H22N2O/c1-10(14)5-3-7-12-11-6-4-8-13(2)9-11/h11-12H,3-9H2,1-2H3. The second-order valence-electron chi connectivity index (χ2n) is 4.36. The van der Waals surface area contributed by atoms with Crippen LogP contribution in [-0.4, -0.2) is 43.4 Å². The number of Topliss-reactive ketones (excluding diaryl/α,β-unsaturated/α-hetero) is 1. The summed E-state index contributed by atoms with van der Waals surface area (Å²) < 4.78 is 0. The second kappa shape index (κ2) is 6.14. The monoisotopic (exact) mass is 198 g/mol. The van der Waals surface area contributed by atoms with E-state index in [1.165, 1.54) is 19.4 Å². The minimum absolute atomic E-state index is 0.299. The molecule has 1 saturated heterocycles. The van der Waals surface area contributed by atoms with Gasteiger partial charge in [0.2, 0.25) is 0 Å². The molecule has 1 heterocycles. The van der Waals surface area contributed by atoms with Gasteiger partial charge in [0.05, 0.1) is 0 Å². The van der Waals surface area contributed by atoms with Crippen molar-refractivity contribution in [2.24, 2.45) is 0 Å². The second-order valence-corrected chi connectivity index (χ2v) is 4.36. The van der Waals surface area contributed by atoms with Gasteiger partial charge in [0, 0.05) is 19.0 Å². The predicted octanol–water partition coefficient (Wildman–Crippen LogP) is 1.04. The summed E-state index contributed by atoms with van der Waals surface area (Å²) in [5.41, 5.74) is 0. The van der Waals surface area contributed by atoms with Gasteiger partial charge in [0.25, 0.3) is 0 Å². The first-order valence-electron chi connectivity index (χ1n) is 5.60. The Bertz CT molecular complexity index is 182. The number of hydrogen-bond acceptors (Lipinski definition) is 3. The zero-order valence-corrected chi connectivity index (χ0v) is 9.38. The number of nitrogens with one attached hydrogen (secondary N) is 1. The van der Waals surface area contributed by atoms with Crippen LogP contribution in [0.4, 0.5) is 0 Å². The van der Waals surface area contributed by atoms with Gasteiger partial charge in [-0.25, -0.2) is 0 Å². The number of rotatable bonds is 5. The van der Waals surface area contributed by atoms with E-state index in [0.717, 1.165) is 25.9 Å².